The molecule has 0 radical (unpaired) electrons. The predicted octanol–water partition coefficient (Wildman–Crippen LogP) is 3.82. The fourth-order valence-electron chi connectivity index (χ4n) is 2.72. The molecular formula is C20H20N2O4. The Balaban J connectivity index is 1.93. The highest BCUT2D eigenvalue weighted by atomic mass is 16.5. The topological polar surface area (TPSA) is 69.7 Å². The van der Waals surface area contributed by atoms with Crippen LogP contribution in [0.25, 0.3) is 10.9 Å². The Morgan fingerprint density at radius 1 is 0.923 bits per heavy atom. The number of carbonyl (C=O) groups is 1. The lowest BCUT2D eigenvalue weighted by molar-refractivity contribution is 0.102. The third-order valence-corrected chi connectivity index (χ3v) is 4.10. The van der Waals surface area contributed by atoms with E-state index in [2.05, 4.69) is 10.3 Å². The molecule has 0 aliphatic carbocycles. The van der Waals surface area contributed by atoms with Crippen LogP contribution in [0.5, 0.6) is 17.2 Å². The monoisotopic (exact) mass is 352 g/mol. The first kappa shape index (κ1) is 17.5. The number of nitrogens with zero attached hydrogens (tertiary/aromatic N) is 1. The molecule has 3 aromatic rings. The van der Waals surface area contributed by atoms with Crippen molar-refractivity contribution in [1.29, 1.82) is 0 Å². The van der Waals surface area contributed by atoms with Gasteiger partial charge in [0.1, 0.15) is 5.75 Å². The molecule has 0 atom stereocenters. The SMILES string of the molecule is COc1ccc2nc(C)c(C(=O)Nc3ccc(OC)c(OC)c3)cc2c1. The highest BCUT2D eigenvalue weighted by Gasteiger charge is 2.14. The van der Waals surface area contributed by atoms with Crippen LogP contribution in [-0.4, -0.2) is 32.2 Å². The molecule has 0 unspecified atom stereocenters. The van der Waals surface area contributed by atoms with Crippen molar-refractivity contribution in [3.05, 3.63) is 53.7 Å². The minimum atomic E-state index is -0.244. The van der Waals surface area contributed by atoms with E-state index in [0.717, 1.165) is 16.7 Å². The van der Waals surface area contributed by atoms with Gasteiger partial charge in [-0.05, 0) is 43.3 Å². The maximum absolute atomic E-state index is 12.7. The van der Waals surface area contributed by atoms with E-state index in [4.69, 9.17) is 14.2 Å². The minimum Gasteiger partial charge on any atom is -0.497 e. The summed E-state index contributed by atoms with van der Waals surface area (Å²) < 4.78 is 15.7. The number of aromatic nitrogens is 1. The molecule has 0 fully saturated rings. The van der Waals surface area contributed by atoms with Gasteiger partial charge < -0.3 is 19.5 Å². The Labute approximate surface area is 151 Å². The van der Waals surface area contributed by atoms with Crippen LogP contribution in [0.2, 0.25) is 0 Å². The van der Waals surface area contributed by atoms with Crippen molar-refractivity contribution in [2.45, 2.75) is 6.92 Å². The first-order chi connectivity index (χ1) is 12.5. The van der Waals surface area contributed by atoms with Gasteiger partial charge in [0.15, 0.2) is 11.5 Å². The van der Waals surface area contributed by atoms with E-state index in [0.29, 0.717) is 28.4 Å². The van der Waals surface area contributed by atoms with Crippen LogP contribution in [0.3, 0.4) is 0 Å². The van der Waals surface area contributed by atoms with Gasteiger partial charge in [0, 0.05) is 17.1 Å². The molecule has 2 aromatic carbocycles. The summed E-state index contributed by atoms with van der Waals surface area (Å²) in [7, 11) is 4.72. The van der Waals surface area contributed by atoms with Gasteiger partial charge in [-0.3, -0.25) is 9.78 Å². The van der Waals surface area contributed by atoms with Gasteiger partial charge in [-0.2, -0.15) is 0 Å². The standard InChI is InChI=1S/C20H20N2O4/c1-12-16(10-13-9-15(24-2)6-7-17(13)21-12)20(23)22-14-5-8-18(25-3)19(11-14)26-4/h5-11H,1-4H3,(H,22,23). The molecule has 1 N–H and O–H groups in total. The third kappa shape index (κ3) is 3.39. The van der Waals surface area contributed by atoms with Gasteiger partial charge >= 0.3 is 0 Å². The van der Waals surface area contributed by atoms with Crippen LogP contribution >= 0.6 is 0 Å². The van der Waals surface area contributed by atoms with Crippen LogP contribution in [0.15, 0.2) is 42.5 Å². The summed E-state index contributed by atoms with van der Waals surface area (Å²) in [5.74, 6) is 1.62. The molecule has 1 amide bonds. The number of carbonyl (C=O) groups excluding carboxylic acids is 1. The van der Waals surface area contributed by atoms with Crippen molar-refractivity contribution < 1.29 is 19.0 Å². The number of hydrogen-bond acceptors (Lipinski definition) is 5. The Kier molecular flexibility index (Phi) is 4.93. The van der Waals surface area contributed by atoms with Gasteiger partial charge in [-0.25, -0.2) is 0 Å². The quantitative estimate of drug-likeness (QED) is 0.756. The third-order valence-electron chi connectivity index (χ3n) is 4.10. The zero-order valence-electron chi connectivity index (χ0n) is 15.1. The number of aryl methyl sites for hydroxylation is 1. The largest absolute Gasteiger partial charge is 0.497 e. The lowest BCUT2D eigenvalue weighted by Gasteiger charge is -2.12. The molecule has 1 heterocycles. The minimum absolute atomic E-state index is 0.244. The summed E-state index contributed by atoms with van der Waals surface area (Å²) in [6, 6.07) is 12.6. The van der Waals surface area contributed by atoms with Gasteiger partial charge in [-0.15, -0.1) is 0 Å². The van der Waals surface area contributed by atoms with E-state index < -0.39 is 0 Å². The van der Waals surface area contributed by atoms with Crippen LogP contribution in [0.4, 0.5) is 5.69 Å². The predicted molar refractivity (Wildman–Crippen MR) is 101 cm³/mol. The maximum atomic E-state index is 12.7. The number of amides is 1. The van der Waals surface area contributed by atoms with Gasteiger partial charge in [0.2, 0.25) is 0 Å². The number of pyridine rings is 1. The zero-order valence-corrected chi connectivity index (χ0v) is 15.1. The first-order valence-corrected chi connectivity index (χ1v) is 8.04. The van der Waals surface area contributed by atoms with E-state index in [-0.39, 0.29) is 5.91 Å². The van der Waals surface area contributed by atoms with Crippen molar-refractivity contribution in [1.82, 2.24) is 4.98 Å². The first-order valence-electron chi connectivity index (χ1n) is 8.04. The zero-order chi connectivity index (χ0) is 18.7. The highest BCUT2D eigenvalue weighted by Crippen LogP contribution is 2.30. The normalized spacial score (nSPS) is 10.5. The number of methoxy groups -OCH3 is 3. The van der Waals surface area contributed by atoms with E-state index in [9.17, 15) is 4.79 Å². The maximum Gasteiger partial charge on any atom is 0.257 e. The molecule has 26 heavy (non-hydrogen) atoms. The van der Waals surface area contributed by atoms with Crippen molar-refractivity contribution in [2.24, 2.45) is 0 Å². The van der Waals surface area contributed by atoms with Crippen LogP contribution in [0, 0.1) is 6.92 Å². The molecule has 3 rings (SSSR count). The Hall–Kier alpha value is -3.28. The summed E-state index contributed by atoms with van der Waals surface area (Å²) in [6.45, 7) is 1.81. The number of fused-ring (bicyclic) bond motifs is 1. The molecule has 1 aromatic heterocycles. The summed E-state index contributed by atoms with van der Waals surface area (Å²) in [6.07, 6.45) is 0. The highest BCUT2D eigenvalue weighted by molar-refractivity contribution is 6.07. The number of benzene rings is 2. The van der Waals surface area contributed by atoms with Crippen LogP contribution in [0.1, 0.15) is 16.1 Å². The molecule has 0 spiro atoms. The number of rotatable bonds is 5. The molecule has 0 bridgehead atoms. The molecule has 6 heteroatoms. The molecule has 0 aliphatic rings. The lowest BCUT2D eigenvalue weighted by atomic mass is 10.1. The van der Waals surface area contributed by atoms with Crippen molar-refractivity contribution in [2.75, 3.05) is 26.6 Å². The average Bonchev–Trinajstić information content (AvgIpc) is 2.66. The average molecular weight is 352 g/mol. The summed E-state index contributed by atoms with van der Waals surface area (Å²) in [4.78, 5) is 17.2. The second-order valence-corrected chi connectivity index (χ2v) is 5.70. The Morgan fingerprint density at radius 2 is 1.69 bits per heavy atom. The number of ether oxygens (including phenoxy) is 3. The van der Waals surface area contributed by atoms with E-state index >= 15 is 0 Å². The van der Waals surface area contributed by atoms with E-state index in [1.807, 2.05) is 31.2 Å². The van der Waals surface area contributed by atoms with E-state index in [1.54, 1.807) is 39.5 Å². The van der Waals surface area contributed by atoms with Crippen LogP contribution < -0.4 is 19.5 Å². The molecule has 0 saturated heterocycles. The van der Waals surface area contributed by atoms with Crippen LogP contribution in [-0.2, 0) is 0 Å². The summed E-state index contributed by atoms with van der Waals surface area (Å²) >= 11 is 0. The second kappa shape index (κ2) is 7.31. The van der Waals surface area contributed by atoms with Crippen molar-refractivity contribution in [3.8, 4) is 17.2 Å². The number of anilines is 1. The molecular weight excluding hydrogens is 332 g/mol. The molecule has 6 nitrogen and oxygen atoms in total. The van der Waals surface area contributed by atoms with Gasteiger partial charge in [-0.1, -0.05) is 0 Å². The van der Waals surface area contributed by atoms with Gasteiger partial charge in [0.05, 0.1) is 38.1 Å². The summed E-state index contributed by atoms with van der Waals surface area (Å²) in [5.41, 5.74) is 2.57. The van der Waals surface area contributed by atoms with Crippen molar-refractivity contribution in [3.63, 3.8) is 0 Å². The molecule has 0 aliphatic heterocycles. The Bertz CT molecular complexity index is 969. The number of nitrogens with one attached hydrogen (secondary N) is 1. The second-order valence-electron chi connectivity index (χ2n) is 5.70. The number of hydrogen-bond donors (Lipinski definition) is 1. The van der Waals surface area contributed by atoms with E-state index in [1.165, 1.54) is 0 Å². The molecule has 134 valence electrons. The smallest absolute Gasteiger partial charge is 0.257 e. The fraction of sp³-hybridized carbons (Fsp3) is 0.200. The fourth-order valence-corrected chi connectivity index (χ4v) is 2.72. The van der Waals surface area contributed by atoms with Gasteiger partial charge in [0.25, 0.3) is 5.91 Å². The van der Waals surface area contributed by atoms with Crippen molar-refractivity contribution >= 4 is 22.5 Å². The Morgan fingerprint density at radius 3 is 2.38 bits per heavy atom. The molecule has 0 saturated carbocycles. The summed E-state index contributed by atoms with van der Waals surface area (Å²) in [5, 5.41) is 3.71. The lowest BCUT2D eigenvalue weighted by Crippen LogP contribution is -2.14.